The number of fused-ring (bicyclic) bond motifs is 1. The van der Waals surface area contributed by atoms with E-state index in [0.717, 1.165) is 28.0 Å². The number of nitrogens with one attached hydrogen (secondary N) is 1. The zero-order valence-corrected chi connectivity index (χ0v) is 22.8. The number of alkyl halides is 3. The van der Waals surface area contributed by atoms with Crippen LogP contribution in [0.1, 0.15) is 39.6 Å². The maximum absolute atomic E-state index is 13.2. The summed E-state index contributed by atoms with van der Waals surface area (Å²) in [5, 5.41) is 3.69. The molecule has 2 heterocycles. The van der Waals surface area contributed by atoms with Gasteiger partial charge in [-0.3, -0.25) is 9.59 Å². The van der Waals surface area contributed by atoms with Crippen LogP contribution in [0, 0.1) is 18.7 Å². The fourth-order valence-corrected chi connectivity index (χ4v) is 5.31. The molecule has 0 spiro atoms. The van der Waals surface area contributed by atoms with Gasteiger partial charge in [-0.25, -0.2) is 4.39 Å². The number of likely N-dealkylation sites (tertiary alicyclic amines) is 1. The van der Waals surface area contributed by atoms with Crippen molar-refractivity contribution in [2.24, 2.45) is 5.92 Å². The van der Waals surface area contributed by atoms with Gasteiger partial charge in [-0.15, -0.1) is 0 Å². The van der Waals surface area contributed by atoms with Crippen molar-refractivity contribution in [1.82, 2.24) is 15.1 Å². The van der Waals surface area contributed by atoms with Gasteiger partial charge >= 0.3 is 6.18 Å². The molecule has 1 fully saturated rings. The smallest absolute Gasteiger partial charge is 0.373 e. The minimum absolute atomic E-state index is 0.0385. The molecule has 0 aliphatic carbocycles. The van der Waals surface area contributed by atoms with E-state index in [1.807, 2.05) is 34.6 Å². The van der Waals surface area contributed by atoms with Gasteiger partial charge in [0.05, 0.1) is 0 Å². The van der Waals surface area contributed by atoms with E-state index in [-0.39, 0.29) is 29.2 Å². The van der Waals surface area contributed by atoms with Crippen LogP contribution in [0.4, 0.5) is 17.6 Å². The molecule has 2 aliphatic heterocycles. The Morgan fingerprint density at radius 3 is 2.22 bits per heavy atom. The van der Waals surface area contributed by atoms with Gasteiger partial charge in [0.15, 0.2) is 0 Å². The first-order valence-corrected chi connectivity index (χ1v) is 13.6. The molecule has 2 aliphatic rings. The summed E-state index contributed by atoms with van der Waals surface area (Å²) in [7, 11) is 0. The van der Waals surface area contributed by atoms with E-state index in [0.29, 0.717) is 30.8 Å². The first-order valence-electron chi connectivity index (χ1n) is 13.6. The number of rotatable bonds is 6. The second-order valence-electron chi connectivity index (χ2n) is 10.9. The Hall–Kier alpha value is -4.14. The number of carbonyl (C=O) groups excluding carboxylic acids is 2. The molecule has 1 unspecified atom stereocenters. The lowest BCUT2D eigenvalue weighted by atomic mass is 9.96. The fraction of sp³-hybridized carbons (Fsp3) is 0.312. The summed E-state index contributed by atoms with van der Waals surface area (Å²) < 4.78 is 51.0. The Balaban J connectivity index is 1.23. The summed E-state index contributed by atoms with van der Waals surface area (Å²) in [6, 6.07) is 17.2. The number of carbonyl (C=O) groups is 2. The van der Waals surface area contributed by atoms with Crippen LogP contribution >= 0.6 is 0 Å². The predicted molar refractivity (Wildman–Crippen MR) is 150 cm³/mol. The Morgan fingerprint density at radius 2 is 1.59 bits per heavy atom. The Bertz CT molecular complexity index is 1560. The average Bonchev–Trinajstić information content (AvgIpc) is 3.06. The average molecular weight is 566 g/mol. The standard InChI is InChI=1S/C32H31F4N3O2/c1-20-13-26-4-3-21(2)38(18-27(26)14-29(20)30(40)37-19-32(34,35)36)15-22-16-39(17-22)31(41)25-7-5-23(6-8-25)24-9-11-28(33)12-10-24/h4-14,18,21-22H,3,15-17,19H2,1-2H3,(H,37,40). The van der Waals surface area contributed by atoms with E-state index in [4.69, 9.17) is 0 Å². The van der Waals surface area contributed by atoms with Gasteiger partial charge < -0.3 is 15.1 Å². The summed E-state index contributed by atoms with van der Waals surface area (Å²) in [5.74, 6) is -0.825. The van der Waals surface area contributed by atoms with Crippen molar-refractivity contribution in [3.8, 4) is 11.1 Å². The van der Waals surface area contributed by atoms with Crippen molar-refractivity contribution in [2.45, 2.75) is 32.5 Å². The van der Waals surface area contributed by atoms with Gasteiger partial charge in [-0.1, -0.05) is 36.4 Å². The molecule has 5 rings (SSSR count). The molecule has 9 heteroatoms. The third kappa shape index (κ3) is 6.61. The Kier molecular flexibility index (Phi) is 7.89. The number of nitrogens with zero attached hydrogens (tertiary/aromatic N) is 2. The minimum Gasteiger partial charge on any atom is -0.373 e. The van der Waals surface area contributed by atoms with Crippen LogP contribution < -0.4 is 15.8 Å². The first-order chi connectivity index (χ1) is 19.5. The molecule has 1 atom stereocenters. The molecule has 41 heavy (non-hydrogen) atoms. The maximum atomic E-state index is 13.2. The summed E-state index contributed by atoms with van der Waals surface area (Å²) in [5.41, 5.74) is 3.22. The van der Waals surface area contributed by atoms with E-state index in [2.05, 4.69) is 17.9 Å². The fourth-order valence-electron chi connectivity index (χ4n) is 5.31. The lowest BCUT2D eigenvalue weighted by Gasteiger charge is -2.42. The van der Waals surface area contributed by atoms with Gasteiger partial charge in [0.25, 0.3) is 11.8 Å². The highest BCUT2D eigenvalue weighted by Gasteiger charge is 2.33. The van der Waals surface area contributed by atoms with Crippen molar-refractivity contribution < 1.29 is 27.2 Å². The highest BCUT2D eigenvalue weighted by atomic mass is 19.4. The summed E-state index contributed by atoms with van der Waals surface area (Å²) in [6.07, 6.45) is 0.362. The summed E-state index contributed by atoms with van der Waals surface area (Å²) >= 11 is 0. The topological polar surface area (TPSA) is 52.7 Å². The molecule has 1 saturated heterocycles. The quantitative estimate of drug-likeness (QED) is 0.449. The molecular weight excluding hydrogens is 534 g/mol. The van der Waals surface area contributed by atoms with Crippen molar-refractivity contribution in [1.29, 1.82) is 0 Å². The van der Waals surface area contributed by atoms with Gasteiger partial charge in [0, 0.05) is 48.9 Å². The monoisotopic (exact) mass is 565 g/mol. The first kappa shape index (κ1) is 28.4. The largest absolute Gasteiger partial charge is 0.405 e. The lowest BCUT2D eigenvalue weighted by Crippen LogP contribution is -2.54. The number of halogens is 4. The van der Waals surface area contributed by atoms with Crippen LogP contribution in [0.5, 0.6) is 0 Å². The van der Waals surface area contributed by atoms with Crippen LogP contribution in [-0.2, 0) is 0 Å². The molecular formula is C32H31F4N3O2. The number of hydrogen-bond acceptors (Lipinski definition) is 3. The number of benzene rings is 3. The van der Waals surface area contributed by atoms with Crippen LogP contribution in [0.15, 0.2) is 60.7 Å². The van der Waals surface area contributed by atoms with Gasteiger partial charge in [0.1, 0.15) is 12.4 Å². The van der Waals surface area contributed by atoms with Gasteiger partial charge in [-0.2, -0.15) is 13.2 Å². The van der Waals surface area contributed by atoms with E-state index in [1.54, 1.807) is 37.3 Å². The third-order valence-electron chi connectivity index (χ3n) is 7.70. The van der Waals surface area contributed by atoms with E-state index in [9.17, 15) is 27.2 Å². The van der Waals surface area contributed by atoms with Crippen LogP contribution in [0.25, 0.3) is 23.4 Å². The second kappa shape index (κ2) is 11.4. The molecule has 0 radical (unpaired) electrons. The highest BCUT2D eigenvalue weighted by molar-refractivity contribution is 5.96. The molecule has 0 bridgehead atoms. The zero-order chi connectivity index (χ0) is 29.3. The highest BCUT2D eigenvalue weighted by Crippen LogP contribution is 2.24. The van der Waals surface area contributed by atoms with Crippen LogP contribution in [0.3, 0.4) is 0 Å². The van der Waals surface area contributed by atoms with E-state index >= 15 is 0 Å². The maximum Gasteiger partial charge on any atom is 0.405 e. The SMILES string of the molecule is Cc1cc2c(cc1C(=O)NCC(F)(F)F)=CN(CC1CN(C(=O)c3ccc(-c4ccc(F)cc4)cc3)C1)C(C)CC=2. The molecule has 5 nitrogen and oxygen atoms in total. The molecule has 0 saturated carbocycles. The van der Waals surface area contributed by atoms with Gasteiger partial charge in [0.2, 0.25) is 0 Å². The second-order valence-corrected chi connectivity index (χ2v) is 10.9. The van der Waals surface area contributed by atoms with Crippen LogP contribution in [0.2, 0.25) is 0 Å². The van der Waals surface area contributed by atoms with Crippen molar-refractivity contribution >= 4 is 24.1 Å². The summed E-state index contributed by atoms with van der Waals surface area (Å²) in [4.78, 5) is 29.5. The Labute approximate surface area is 235 Å². The minimum atomic E-state index is -4.48. The lowest BCUT2D eigenvalue weighted by molar-refractivity contribution is -0.123. The van der Waals surface area contributed by atoms with Crippen molar-refractivity contribution in [3.05, 3.63) is 93.6 Å². The van der Waals surface area contributed by atoms with Gasteiger partial charge in [-0.05, 0) is 77.7 Å². The summed E-state index contributed by atoms with van der Waals surface area (Å²) in [6.45, 7) is 4.39. The van der Waals surface area contributed by atoms with Crippen molar-refractivity contribution in [2.75, 3.05) is 26.2 Å². The number of amides is 2. The van der Waals surface area contributed by atoms with Crippen LogP contribution in [-0.4, -0.2) is 60.0 Å². The van der Waals surface area contributed by atoms with E-state index < -0.39 is 18.6 Å². The number of aryl methyl sites for hydroxylation is 1. The molecule has 3 aromatic carbocycles. The predicted octanol–water partition coefficient (Wildman–Crippen LogP) is 4.48. The third-order valence-corrected chi connectivity index (χ3v) is 7.70. The normalized spacial score (nSPS) is 17.1. The molecule has 2 amide bonds. The molecule has 214 valence electrons. The molecule has 1 N–H and O–H groups in total. The zero-order valence-electron chi connectivity index (χ0n) is 22.8. The molecule has 0 aromatic heterocycles. The van der Waals surface area contributed by atoms with Crippen molar-refractivity contribution in [3.63, 3.8) is 0 Å². The van der Waals surface area contributed by atoms with E-state index in [1.165, 1.54) is 12.1 Å². The number of hydrogen-bond donors (Lipinski definition) is 1. The Morgan fingerprint density at radius 1 is 0.951 bits per heavy atom. The molecule has 3 aromatic rings.